The van der Waals surface area contributed by atoms with E-state index in [0.717, 1.165) is 6.42 Å². The van der Waals surface area contributed by atoms with E-state index >= 15 is 0 Å². The minimum absolute atomic E-state index is 0.00465. The molecule has 1 aromatic rings. The Hall–Kier alpha value is -1.33. The van der Waals surface area contributed by atoms with Gasteiger partial charge in [-0.05, 0) is 31.9 Å². The lowest BCUT2D eigenvalue weighted by Gasteiger charge is -2.27. The number of carbonyl (C=O) groups is 2. The molecule has 0 bridgehead atoms. The number of hydrogen-bond donors (Lipinski definition) is 2. The molecule has 20 heavy (non-hydrogen) atoms. The summed E-state index contributed by atoms with van der Waals surface area (Å²) < 4.78 is 0. The monoisotopic (exact) mass is 316 g/mol. The molecule has 1 fully saturated rings. The Morgan fingerprint density at radius 1 is 1.45 bits per heavy atom. The number of aliphatic carboxylic acids is 1. The fourth-order valence-corrected chi connectivity index (χ4v) is 2.90. The summed E-state index contributed by atoms with van der Waals surface area (Å²) in [4.78, 5) is 27.3. The van der Waals surface area contributed by atoms with Gasteiger partial charge in [-0.15, -0.1) is 0 Å². The molecule has 2 N–H and O–H groups in total. The third-order valence-electron chi connectivity index (χ3n) is 3.81. The van der Waals surface area contributed by atoms with Gasteiger partial charge >= 0.3 is 5.97 Å². The number of nitrogens with one attached hydrogen (secondary N) is 1. The standard InChI is InChI=1S/C13H14Cl2N2O3/c1-13(12(19)20)6-2-3-8(13)16-11(18)7-4-5-9(14)17-10(7)15/h4-5,8H,2-3,6H2,1H3,(H,16,18)(H,19,20). The Bertz CT molecular complexity index is 565. The summed E-state index contributed by atoms with van der Waals surface area (Å²) in [6.07, 6.45) is 1.94. The van der Waals surface area contributed by atoms with Crippen LogP contribution < -0.4 is 5.32 Å². The van der Waals surface area contributed by atoms with Crippen LogP contribution in [0.4, 0.5) is 0 Å². The topological polar surface area (TPSA) is 79.3 Å². The Balaban J connectivity index is 2.17. The van der Waals surface area contributed by atoms with Crippen molar-refractivity contribution >= 4 is 35.1 Å². The van der Waals surface area contributed by atoms with Crippen molar-refractivity contribution in [3.05, 3.63) is 28.0 Å². The minimum Gasteiger partial charge on any atom is -0.481 e. The molecular formula is C13H14Cl2N2O3. The summed E-state index contributed by atoms with van der Waals surface area (Å²) in [5.41, 5.74) is -0.752. The molecule has 2 unspecified atom stereocenters. The van der Waals surface area contributed by atoms with Gasteiger partial charge in [0.15, 0.2) is 0 Å². The third kappa shape index (κ3) is 2.74. The van der Waals surface area contributed by atoms with E-state index in [0.29, 0.717) is 12.8 Å². The molecule has 0 saturated heterocycles. The highest BCUT2D eigenvalue weighted by molar-refractivity contribution is 6.34. The summed E-state index contributed by atoms with van der Waals surface area (Å²) in [6, 6.07) is 2.52. The second kappa shape index (κ2) is 5.58. The third-order valence-corrected chi connectivity index (χ3v) is 4.31. The number of carbonyl (C=O) groups excluding carboxylic acids is 1. The quantitative estimate of drug-likeness (QED) is 0.840. The van der Waals surface area contributed by atoms with Gasteiger partial charge in [-0.1, -0.05) is 29.6 Å². The van der Waals surface area contributed by atoms with Crippen molar-refractivity contribution in [3.63, 3.8) is 0 Å². The fraction of sp³-hybridized carbons (Fsp3) is 0.462. The first-order valence-corrected chi connectivity index (χ1v) is 6.96. The van der Waals surface area contributed by atoms with Gasteiger partial charge in [0.25, 0.3) is 5.91 Å². The normalized spacial score (nSPS) is 25.4. The largest absolute Gasteiger partial charge is 0.481 e. The molecule has 7 heteroatoms. The van der Waals surface area contributed by atoms with Crippen molar-refractivity contribution in [1.82, 2.24) is 10.3 Å². The molecule has 1 aliphatic rings. The first-order valence-electron chi connectivity index (χ1n) is 6.21. The van der Waals surface area contributed by atoms with Gasteiger partial charge in [-0.2, -0.15) is 0 Å². The Morgan fingerprint density at radius 2 is 2.15 bits per heavy atom. The zero-order valence-electron chi connectivity index (χ0n) is 10.8. The maximum atomic E-state index is 12.2. The summed E-state index contributed by atoms with van der Waals surface area (Å²) in [5, 5.41) is 12.3. The van der Waals surface area contributed by atoms with Crippen LogP contribution in [0.2, 0.25) is 10.3 Å². The Morgan fingerprint density at radius 3 is 2.75 bits per heavy atom. The van der Waals surface area contributed by atoms with E-state index in [1.807, 2.05) is 0 Å². The molecule has 0 spiro atoms. The lowest BCUT2D eigenvalue weighted by molar-refractivity contribution is -0.148. The molecular weight excluding hydrogens is 303 g/mol. The van der Waals surface area contributed by atoms with Gasteiger partial charge < -0.3 is 10.4 Å². The van der Waals surface area contributed by atoms with Crippen LogP contribution in [0.5, 0.6) is 0 Å². The molecule has 1 amide bonds. The van der Waals surface area contributed by atoms with Crippen LogP contribution in [-0.4, -0.2) is 28.0 Å². The number of aromatic nitrogens is 1. The van der Waals surface area contributed by atoms with Crippen LogP contribution in [0.3, 0.4) is 0 Å². The number of carboxylic acids is 1. The van der Waals surface area contributed by atoms with E-state index < -0.39 is 23.3 Å². The second-order valence-corrected chi connectivity index (χ2v) is 5.86. The van der Waals surface area contributed by atoms with Gasteiger partial charge in [0.2, 0.25) is 0 Å². The predicted molar refractivity (Wildman–Crippen MR) is 75.1 cm³/mol. The number of nitrogens with zero attached hydrogens (tertiary/aromatic N) is 1. The molecule has 1 heterocycles. The second-order valence-electron chi connectivity index (χ2n) is 5.11. The molecule has 1 aliphatic carbocycles. The van der Waals surface area contributed by atoms with Gasteiger partial charge in [0, 0.05) is 6.04 Å². The van der Waals surface area contributed by atoms with Crippen molar-refractivity contribution < 1.29 is 14.7 Å². The smallest absolute Gasteiger partial charge is 0.311 e. The molecule has 2 atom stereocenters. The highest BCUT2D eigenvalue weighted by atomic mass is 35.5. The highest BCUT2D eigenvalue weighted by Gasteiger charge is 2.46. The van der Waals surface area contributed by atoms with Crippen molar-refractivity contribution in [2.24, 2.45) is 5.41 Å². The van der Waals surface area contributed by atoms with Crippen LogP contribution in [0.1, 0.15) is 36.5 Å². The first kappa shape index (κ1) is 15.1. The summed E-state index contributed by atoms with van der Waals surface area (Å²) >= 11 is 11.5. The number of halogens is 2. The lowest BCUT2D eigenvalue weighted by Crippen LogP contribution is -2.47. The zero-order chi connectivity index (χ0) is 14.9. The van der Waals surface area contributed by atoms with Crippen LogP contribution in [0.15, 0.2) is 12.1 Å². The summed E-state index contributed by atoms with van der Waals surface area (Å²) in [6.45, 7) is 1.65. The van der Waals surface area contributed by atoms with Crippen molar-refractivity contribution in [2.45, 2.75) is 32.2 Å². The van der Waals surface area contributed by atoms with Gasteiger partial charge in [0.05, 0.1) is 11.0 Å². The molecule has 2 rings (SSSR count). The van der Waals surface area contributed by atoms with Crippen LogP contribution in [0.25, 0.3) is 0 Å². The van der Waals surface area contributed by atoms with E-state index in [4.69, 9.17) is 23.2 Å². The van der Waals surface area contributed by atoms with E-state index in [2.05, 4.69) is 10.3 Å². The molecule has 1 saturated carbocycles. The van der Waals surface area contributed by atoms with Crippen molar-refractivity contribution in [1.29, 1.82) is 0 Å². The van der Waals surface area contributed by atoms with Crippen LogP contribution in [0, 0.1) is 5.41 Å². The molecule has 0 radical (unpaired) electrons. The molecule has 0 aromatic carbocycles. The van der Waals surface area contributed by atoms with Crippen molar-refractivity contribution in [3.8, 4) is 0 Å². The molecule has 5 nitrogen and oxygen atoms in total. The first-order chi connectivity index (χ1) is 9.34. The molecule has 1 aromatic heterocycles. The van der Waals surface area contributed by atoms with Gasteiger partial charge in [0.1, 0.15) is 10.3 Å². The van der Waals surface area contributed by atoms with E-state index in [1.54, 1.807) is 6.92 Å². The SMILES string of the molecule is CC1(C(=O)O)CCCC1NC(=O)c1ccc(Cl)nc1Cl. The Kier molecular flexibility index (Phi) is 4.20. The zero-order valence-corrected chi connectivity index (χ0v) is 12.3. The highest BCUT2D eigenvalue weighted by Crippen LogP contribution is 2.38. The summed E-state index contributed by atoms with van der Waals surface area (Å²) in [7, 11) is 0. The number of hydrogen-bond acceptors (Lipinski definition) is 3. The van der Waals surface area contributed by atoms with Crippen LogP contribution >= 0.6 is 23.2 Å². The summed E-state index contributed by atoms with van der Waals surface area (Å²) in [5.74, 6) is -1.33. The lowest BCUT2D eigenvalue weighted by atomic mass is 9.85. The molecule has 0 aliphatic heterocycles. The number of amides is 1. The molecule has 108 valence electrons. The average Bonchev–Trinajstić information content (AvgIpc) is 2.72. The predicted octanol–water partition coefficient (Wildman–Crippen LogP) is 2.76. The number of rotatable bonds is 3. The minimum atomic E-state index is -0.942. The van der Waals surface area contributed by atoms with Gasteiger partial charge in [-0.3, -0.25) is 9.59 Å². The van der Waals surface area contributed by atoms with E-state index in [-0.39, 0.29) is 15.9 Å². The maximum absolute atomic E-state index is 12.2. The van der Waals surface area contributed by atoms with Crippen LogP contribution in [-0.2, 0) is 4.79 Å². The number of pyridine rings is 1. The fourth-order valence-electron chi connectivity index (χ4n) is 2.47. The van der Waals surface area contributed by atoms with E-state index in [1.165, 1.54) is 12.1 Å². The maximum Gasteiger partial charge on any atom is 0.311 e. The van der Waals surface area contributed by atoms with Crippen molar-refractivity contribution in [2.75, 3.05) is 0 Å². The average molecular weight is 317 g/mol. The van der Waals surface area contributed by atoms with E-state index in [9.17, 15) is 14.7 Å². The Labute approximate surface area is 126 Å². The van der Waals surface area contributed by atoms with Gasteiger partial charge in [-0.25, -0.2) is 4.98 Å². The number of carboxylic acid groups (broad SMARTS) is 1.